The van der Waals surface area contributed by atoms with E-state index in [0.717, 1.165) is 40.8 Å². The maximum Gasteiger partial charge on any atom is 0.112 e. The molecule has 2 aromatic heterocycles. The molecule has 4 nitrogen and oxygen atoms in total. The van der Waals surface area contributed by atoms with E-state index in [1.807, 2.05) is 24.5 Å². The van der Waals surface area contributed by atoms with Gasteiger partial charge in [0.25, 0.3) is 0 Å². The van der Waals surface area contributed by atoms with E-state index in [1.54, 1.807) is 0 Å². The van der Waals surface area contributed by atoms with Gasteiger partial charge in [-0.05, 0) is 53.5 Å². The van der Waals surface area contributed by atoms with Gasteiger partial charge in [0.2, 0.25) is 0 Å². The van der Waals surface area contributed by atoms with Crippen molar-refractivity contribution >= 4 is 32.7 Å². The molecule has 2 aromatic rings. The van der Waals surface area contributed by atoms with Gasteiger partial charge in [-0.15, -0.1) is 0 Å². The zero-order valence-electron chi connectivity index (χ0n) is 9.99. The molecule has 0 aromatic carbocycles. The summed E-state index contributed by atoms with van der Waals surface area (Å²) in [6, 6.07) is 3.98. The highest BCUT2D eigenvalue weighted by molar-refractivity contribution is 9.10. The fourth-order valence-corrected chi connectivity index (χ4v) is 2.61. The van der Waals surface area contributed by atoms with E-state index in [0.29, 0.717) is 5.92 Å². The Morgan fingerprint density at radius 1 is 1.44 bits per heavy atom. The molecule has 0 aliphatic carbocycles. The quantitative estimate of drug-likeness (QED) is 0.914. The van der Waals surface area contributed by atoms with Crippen molar-refractivity contribution in [2.45, 2.75) is 6.42 Å². The van der Waals surface area contributed by atoms with Crippen LogP contribution in [0.4, 0.5) is 5.69 Å². The molecule has 3 rings (SSSR count). The first-order valence-electron chi connectivity index (χ1n) is 6.18. The molecule has 0 spiro atoms. The maximum atomic E-state index is 4.44. The lowest BCUT2D eigenvalue weighted by molar-refractivity contribution is 0.616. The number of rotatable bonds is 3. The smallest absolute Gasteiger partial charge is 0.112 e. The third kappa shape index (κ3) is 2.47. The van der Waals surface area contributed by atoms with Gasteiger partial charge in [-0.1, -0.05) is 0 Å². The predicted octanol–water partition coefficient (Wildman–Crippen LogP) is 2.41. The third-order valence-electron chi connectivity index (χ3n) is 3.29. The average Bonchev–Trinajstić information content (AvgIpc) is 2.89. The van der Waals surface area contributed by atoms with Gasteiger partial charge in [0, 0.05) is 23.4 Å². The standard InChI is InChI=1S/C13H15BrN4/c14-10-5-12-13(18-8-10)11(2-4-16-12)17-7-9-1-3-15-6-9/h2,4-5,8-9,15H,1,3,6-7H2,(H,16,17). The summed E-state index contributed by atoms with van der Waals surface area (Å²) in [5.41, 5.74) is 2.92. The summed E-state index contributed by atoms with van der Waals surface area (Å²) in [5, 5.41) is 6.87. The predicted molar refractivity (Wildman–Crippen MR) is 76.7 cm³/mol. The SMILES string of the molecule is Brc1cnc2c(NCC3CCNC3)ccnc2c1. The van der Waals surface area contributed by atoms with Gasteiger partial charge >= 0.3 is 0 Å². The maximum absolute atomic E-state index is 4.44. The summed E-state index contributed by atoms with van der Waals surface area (Å²) in [6.07, 6.45) is 4.88. The number of fused-ring (bicyclic) bond motifs is 1. The van der Waals surface area contributed by atoms with E-state index in [-0.39, 0.29) is 0 Å². The lowest BCUT2D eigenvalue weighted by atomic mass is 10.1. The van der Waals surface area contributed by atoms with Crippen LogP contribution in [0.15, 0.2) is 29.0 Å². The number of aromatic nitrogens is 2. The first kappa shape index (κ1) is 11.9. The van der Waals surface area contributed by atoms with Crippen LogP contribution in [0.5, 0.6) is 0 Å². The van der Waals surface area contributed by atoms with E-state index in [1.165, 1.54) is 6.42 Å². The van der Waals surface area contributed by atoms with E-state index >= 15 is 0 Å². The van der Waals surface area contributed by atoms with Crippen molar-refractivity contribution < 1.29 is 0 Å². The Hall–Kier alpha value is -1.20. The van der Waals surface area contributed by atoms with Crippen molar-refractivity contribution in [3.63, 3.8) is 0 Å². The molecule has 1 fully saturated rings. The highest BCUT2D eigenvalue weighted by atomic mass is 79.9. The van der Waals surface area contributed by atoms with Gasteiger partial charge in [0.05, 0.1) is 11.2 Å². The minimum Gasteiger partial charge on any atom is -0.383 e. The monoisotopic (exact) mass is 306 g/mol. The van der Waals surface area contributed by atoms with Gasteiger partial charge in [-0.25, -0.2) is 0 Å². The Labute approximate surface area is 114 Å². The highest BCUT2D eigenvalue weighted by Gasteiger charge is 2.14. The third-order valence-corrected chi connectivity index (χ3v) is 3.72. The number of halogens is 1. The van der Waals surface area contributed by atoms with Crippen LogP contribution in [-0.4, -0.2) is 29.6 Å². The molecule has 5 heteroatoms. The first-order chi connectivity index (χ1) is 8.83. The number of hydrogen-bond acceptors (Lipinski definition) is 4. The van der Waals surface area contributed by atoms with E-state index in [9.17, 15) is 0 Å². The van der Waals surface area contributed by atoms with Crippen molar-refractivity contribution in [3.8, 4) is 0 Å². The molecule has 0 saturated carbocycles. The molecule has 1 unspecified atom stereocenters. The van der Waals surface area contributed by atoms with Crippen LogP contribution in [-0.2, 0) is 0 Å². The average molecular weight is 307 g/mol. The molecule has 1 aliphatic heterocycles. The molecule has 0 amide bonds. The summed E-state index contributed by atoms with van der Waals surface area (Å²) in [6.45, 7) is 3.23. The second-order valence-electron chi connectivity index (χ2n) is 4.62. The van der Waals surface area contributed by atoms with Crippen molar-refractivity contribution in [2.75, 3.05) is 25.0 Å². The van der Waals surface area contributed by atoms with Crippen LogP contribution in [0, 0.1) is 5.92 Å². The van der Waals surface area contributed by atoms with Gasteiger partial charge < -0.3 is 10.6 Å². The molecule has 1 saturated heterocycles. The molecule has 1 atom stereocenters. The fraction of sp³-hybridized carbons (Fsp3) is 0.385. The molecule has 3 heterocycles. The molecule has 94 valence electrons. The lowest BCUT2D eigenvalue weighted by Crippen LogP contribution is -2.17. The van der Waals surface area contributed by atoms with Crippen LogP contribution >= 0.6 is 15.9 Å². The van der Waals surface area contributed by atoms with Gasteiger partial charge in [-0.3, -0.25) is 9.97 Å². The van der Waals surface area contributed by atoms with E-state index in [4.69, 9.17) is 0 Å². The number of nitrogens with one attached hydrogen (secondary N) is 2. The molecule has 0 radical (unpaired) electrons. The summed E-state index contributed by atoms with van der Waals surface area (Å²) < 4.78 is 0.958. The zero-order chi connectivity index (χ0) is 12.4. The van der Waals surface area contributed by atoms with Gasteiger partial charge in [0.1, 0.15) is 5.52 Å². The summed E-state index contributed by atoms with van der Waals surface area (Å²) >= 11 is 3.42. The normalized spacial score (nSPS) is 19.3. The molecular weight excluding hydrogens is 292 g/mol. The van der Waals surface area contributed by atoms with E-state index < -0.39 is 0 Å². The van der Waals surface area contributed by atoms with Crippen molar-refractivity contribution in [2.24, 2.45) is 5.92 Å². The minimum atomic E-state index is 0.712. The van der Waals surface area contributed by atoms with Gasteiger partial charge in [-0.2, -0.15) is 0 Å². The summed E-state index contributed by atoms with van der Waals surface area (Å²) in [5.74, 6) is 0.712. The highest BCUT2D eigenvalue weighted by Crippen LogP contribution is 2.22. The number of hydrogen-bond donors (Lipinski definition) is 2. The summed E-state index contributed by atoms with van der Waals surface area (Å²) in [4.78, 5) is 8.78. The van der Waals surface area contributed by atoms with Crippen LogP contribution in [0.2, 0.25) is 0 Å². The second-order valence-corrected chi connectivity index (χ2v) is 5.54. The number of pyridine rings is 2. The Bertz CT molecular complexity index is 552. The Morgan fingerprint density at radius 3 is 3.22 bits per heavy atom. The first-order valence-corrected chi connectivity index (χ1v) is 6.97. The second kappa shape index (κ2) is 5.20. The van der Waals surface area contributed by atoms with Crippen molar-refractivity contribution in [1.82, 2.24) is 15.3 Å². The minimum absolute atomic E-state index is 0.712. The largest absolute Gasteiger partial charge is 0.383 e. The van der Waals surface area contributed by atoms with E-state index in [2.05, 4.69) is 36.5 Å². The Morgan fingerprint density at radius 2 is 2.39 bits per heavy atom. The molecular formula is C13H15BrN4. The van der Waals surface area contributed by atoms with Gasteiger partial charge in [0.15, 0.2) is 0 Å². The number of nitrogens with zero attached hydrogens (tertiary/aromatic N) is 2. The summed E-state index contributed by atoms with van der Waals surface area (Å²) in [7, 11) is 0. The molecule has 0 bridgehead atoms. The lowest BCUT2D eigenvalue weighted by Gasteiger charge is -2.12. The fourth-order valence-electron chi connectivity index (χ4n) is 2.29. The van der Waals surface area contributed by atoms with Crippen LogP contribution in [0.3, 0.4) is 0 Å². The van der Waals surface area contributed by atoms with Crippen molar-refractivity contribution in [3.05, 3.63) is 29.0 Å². The molecule has 18 heavy (non-hydrogen) atoms. The Balaban J connectivity index is 1.82. The topological polar surface area (TPSA) is 49.8 Å². The van der Waals surface area contributed by atoms with Crippen LogP contribution in [0.25, 0.3) is 11.0 Å². The van der Waals surface area contributed by atoms with Crippen LogP contribution < -0.4 is 10.6 Å². The van der Waals surface area contributed by atoms with Crippen LogP contribution in [0.1, 0.15) is 6.42 Å². The number of anilines is 1. The zero-order valence-corrected chi connectivity index (χ0v) is 11.6. The Kier molecular flexibility index (Phi) is 3.43. The molecule has 1 aliphatic rings. The molecule has 2 N–H and O–H groups in total. The van der Waals surface area contributed by atoms with Crippen molar-refractivity contribution in [1.29, 1.82) is 0 Å².